The number of rotatable bonds is 2. The van der Waals surface area contributed by atoms with E-state index in [1.54, 1.807) is 0 Å². The number of ether oxygens (including phenoxy) is 1. The summed E-state index contributed by atoms with van der Waals surface area (Å²) in [6.45, 7) is 11.5. The Hall–Kier alpha value is -0.980. The highest BCUT2D eigenvalue weighted by atomic mass is 16.5. The van der Waals surface area contributed by atoms with Gasteiger partial charge < -0.3 is 4.74 Å². The molecule has 0 N–H and O–H groups in total. The van der Waals surface area contributed by atoms with E-state index in [4.69, 9.17) is 4.74 Å². The summed E-state index contributed by atoms with van der Waals surface area (Å²) in [6, 6.07) is 6.31. The largest absolute Gasteiger partial charge is 0.493 e. The molecule has 0 bridgehead atoms. The van der Waals surface area contributed by atoms with Gasteiger partial charge in [-0.25, -0.2) is 0 Å². The van der Waals surface area contributed by atoms with Crippen LogP contribution >= 0.6 is 0 Å². The molecule has 0 atom stereocenters. The van der Waals surface area contributed by atoms with Crippen molar-refractivity contribution >= 4 is 0 Å². The number of aryl methyl sites for hydroxylation is 2. The highest BCUT2D eigenvalue weighted by molar-refractivity contribution is 5.35. The Kier molecular flexibility index (Phi) is 3.20. The second-order valence-corrected chi connectivity index (χ2v) is 5.12. The summed E-state index contributed by atoms with van der Waals surface area (Å²) in [5.74, 6) is 1.01. The van der Waals surface area contributed by atoms with E-state index < -0.39 is 0 Å². The van der Waals surface area contributed by atoms with Crippen molar-refractivity contribution < 1.29 is 4.74 Å². The Morgan fingerprint density at radius 1 is 1.14 bits per heavy atom. The first-order valence-corrected chi connectivity index (χ1v) is 5.08. The second-order valence-electron chi connectivity index (χ2n) is 5.12. The van der Waals surface area contributed by atoms with Crippen LogP contribution in [0.5, 0.6) is 5.75 Å². The molecule has 14 heavy (non-hydrogen) atoms. The van der Waals surface area contributed by atoms with Gasteiger partial charge in [-0.15, -0.1) is 0 Å². The van der Waals surface area contributed by atoms with Gasteiger partial charge in [0.05, 0.1) is 6.61 Å². The molecule has 1 aromatic rings. The third-order valence-electron chi connectivity index (χ3n) is 2.00. The lowest BCUT2D eigenvalue weighted by atomic mass is 9.98. The molecule has 0 unspecified atom stereocenters. The summed E-state index contributed by atoms with van der Waals surface area (Å²) < 4.78 is 5.78. The average Bonchev–Trinajstić information content (AvgIpc) is 2.05. The predicted molar refractivity (Wildman–Crippen MR) is 60.9 cm³/mol. The van der Waals surface area contributed by atoms with E-state index in [1.807, 2.05) is 0 Å². The monoisotopic (exact) mass is 192 g/mol. The van der Waals surface area contributed by atoms with E-state index in [2.05, 4.69) is 52.8 Å². The van der Waals surface area contributed by atoms with Gasteiger partial charge in [-0.3, -0.25) is 0 Å². The first-order chi connectivity index (χ1) is 6.38. The lowest BCUT2D eigenvalue weighted by Gasteiger charge is -2.20. The molecule has 0 spiro atoms. The van der Waals surface area contributed by atoms with Crippen LogP contribution in [-0.4, -0.2) is 6.61 Å². The minimum Gasteiger partial charge on any atom is -0.493 e. The summed E-state index contributed by atoms with van der Waals surface area (Å²) >= 11 is 0. The van der Waals surface area contributed by atoms with Gasteiger partial charge in [-0.05, 0) is 36.5 Å². The highest BCUT2D eigenvalue weighted by Gasteiger charge is 2.11. The van der Waals surface area contributed by atoms with Crippen molar-refractivity contribution in [1.82, 2.24) is 0 Å². The van der Waals surface area contributed by atoms with Gasteiger partial charge in [0.15, 0.2) is 0 Å². The smallest absolute Gasteiger partial charge is 0.122 e. The Labute approximate surface area is 87.1 Å². The molecule has 0 aliphatic carbocycles. The van der Waals surface area contributed by atoms with Gasteiger partial charge >= 0.3 is 0 Å². The normalized spacial score (nSPS) is 11.5. The molecule has 0 saturated heterocycles. The summed E-state index contributed by atoms with van der Waals surface area (Å²) in [5, 5.41) is 0. The van der Waals surface area contributed by atoms with Crippen LogP contribution in [0.3, 0.4) is 0 Å². The van der Waals surface area contributed by atoms with Crippen molar-refractivity contribution in [1.29, 1.82) is 0 Å². The van der Waals surface area contributed by atoms with Crippen LogP contribution in [0.4, 0.5) is 0 Å². The zero-order valence-electron chi connectivity index (χ0n) is 9.85. The van der Waals surface area contributed by atoms with Gasteiger partial charge in [0, 0.05) is 0 Å². The molecular formula is C13H20O. The molecule has 1 heteroatoms. The van der Waals surface area contributed by atoms with Crippen LogP contribution in [0.25, 0.3) is 0 Å². The van der Waals surface area contributed by atoms with Gasteiger partial charge in [0.2, 0.25) is 0 Å². The zero-order valence-corrected chi connectivity index (χ0v) is 9.85. The van der Waals surface area contributed by atoms with Crippen molar-refractivity contribution in [3.63, 3.8) is 0 Å². The van der Waals surface area contributed by atoms with Crippen LogP contribution in [0, 0.1) is 19.3 Å². The van der Waals surface area contributed by atoms with Crippen LogP contribution < -0.4 is 4.74 Å². The average molecular weight is 192 g/mol. The van der Waals surface area contributed by atoms with Gasteiger partial charge in [0.1, 0.15) is 5.75 Å². The van der Waals surface area contributed by atoms with Crippen LogP contribution in [0.1, 0.15) is 31.9 Å². The van der Waals surface area contributed by atoms with Crippen molar-refractivity contribution in [2.75, 3.05) is 6.61 Å². The molecule has 78 valence electrons. The maximum absolute atomic E-state index is 5.78. The first-order valence-electron chi connectivity index (χ1n) is 5.08. The van der Waals surface area contributed by atoms with E-state index in [0.29, 0.717) is 0 Å². The van der Waals surface area contributed by atoms with Crippen molar-refractivity contribution in [2.45, 2.75) is 34.6 Å². The van der Waals surface area contributed by atoms with Crippen LogP contribution in [-0.2, 0) is 0 Å². The summed E-state index contributed by atoms with van der Waals surface area (Å²) in [7, 11) is 0. The van der Waals surface area contributed by atoms with Gasteiger partial charge in [-0.2, -0.15) is 0 Å². The Balaban J connectivity index is 2.72. The van der Waals surface area contributed by atoms with E-state index >= 15 is 0 Å². The van der Waals surface area contributed by atoms with Crippen LogP contribution in [0.15, 0.2) is 18.2 Å². The maximum atomic E-state index is 5.78. The molecule has 0 aliphatic heterocycles. The zero-order chi connectivity index (χ0) is 10.8. The van der Waals surface area contributed by atoms with E-state index in [-0.39, 0.29) is 5.41 Å². The molecule has 0 aliphatic rings. The third-order valence-corrected chi connectivity index (χ3v) is 2.00. The van der Waals surface area contributed by atoms with Crippen LogP contribution in [0.2, 0.25) is 0 Å². The second kappa shape index (κ2) is 4.04. The molecule has 1 aromatic carbocycles. The molecule has 0 saturated carbocycles. The molecule has 0 aromatic heterocycles. The first kappa shape index (κ1) is 11.1. The number of hydrogen-bond donors (Lipinski definition) is 0. The summed E-state index contributed by atoms with van der Waals surface area (Å²) in [4.78, 5) is 0. The van der Waals surface area contributed by atoms with Crippen molar-refractivity contribution in [2.24, 2.45) is 5.41 Å². The number of benzene rings is 1. The van der Waals surface area contributed by atoms with E-state index in [9.17, 15) is 0 Å². The minimum absolute atomic E-state index is 0.218. The Morgan fingerprint density at radius 3 is 2.36 bits per heavy atom. The number of hydrogen-bond acceptors (Lipinski definition) is 1. The van der Waals surface area contributed by atoms with Crippen molar-refractivity contribution in [3.05, 3.63) is 29.3 Å². The maximum Gasteiger partial charge on any atom is 0.122 e. The Bertz CT molecular complexity index is 308. The summed E-state index contributed by atoms with van der Waals surface area (Å²) in [6.07, 6.45) is 0. The van der Waals surface area contributed by atoms with E-state index in [1.165, 1.54) is 11.1 Å². The summed E-state index contributed by atoms with van der Waals surface area (Å²) in [5.41, 5.74) is 2.68. The molecule has 0 heterocycles. The lowest BCUT2D eigenvalue weighted by Crippen LogP contribution is -2.17. The fraction of sp³-hybridized carbons (Fsp3) is 0.538. The van der Waals surface area contributed by atoms with Crippen molar-refractivity contribution in [3.8, 4) is 5.75 Å². The standard InChI is InChI=1S/C13H20O/c1-10-6-7-11(2)12(8-10)14-9-13(3,4)5/h6-8H,9H2,1-5H3. The molecule has 0 amide bonds. The fourth-order valence-electron chi connectivity index (χ4n) is 1.16. The molecular weight excluding hydrogens is 172 g/mol. The predicted octanol–water partition coefficient (Wildman–Crippen LogP) is 3.73. The molecule has 1 nitrogen and oxygen atoms in total. The minimum atomic E-state index is 0.218. The Morgan fingerprint density at radius 2 is 1.79 bits per heavy atom. The lowest BCUT2D eigenvalue weighted by molar-refractivity contribution is 0.197. The molecule has 1 rings (SSSR count). The third kappa shape index (κ3) is 3.41. The molecule has 0 radical (unpaired) electrons. The highest BCUT2D eigenvalue weighted by Crippen LogP contribution is 2.22. The van der Waals surface area contributed by atoms with E-state index in [0.717, 1.165) is 12.4 Å². The SMILES string of the molecule is Cc1ccc(C)c(OCC(C)(C)C)c1. The molecule has 0 fully saturated rings. The quantitative estimate of drug-likeness (QED) is 0.693. The van der Waals surface area contributed by atoms with Gasteiger partial charge in [-0.1, -0.05) is 32.9 Å². The topological polar surface area (TPSA) is 9.23 Å². The fourth-order valence-corrected chi connectivity index (χ4v) is 1.16. The van der Waals surface area contributed by atoms with Gasteiger partial charge in [0.25, 0.3) is 0 Å².